The van der Waals surface area contributed by atoms with Crippen molar-refractivity contribution in [1.82, 2.24) is 4.90 Å². The number of ether oxygens (including phenoxy) is 1. The normalized spacial score (nSPS) is 18.3. The van der Waals surface area contributed by atoms with Crippen LogP contribution in [-0.2, 0) is 4.74 Å². The van der Waals surface area contributed by atoms with Crippen molar-refractivity contribution in [2.75, 3.05) is 39.3 Å². The van der Waals surface area contributed by atoms with Crippen molar-refractivity contribution >= 4 is 11.6 Å². The van der Waals surface area contributed by atoms with Gasteiger partial charge in [-0.25, -0.2) is 0 Å². The lowest BCUT2D eigenvalue weighted by Gasteiger charge is -2.36. The second-order valence-corrected chi connectivity index (χ2v) is 6.23. The van der Waals surface area contributed by atoms with Gasteiger partial charge >= 0.3 is 0 Å². The molecule has 0 N–H and O–H groups in total. The number of hydrogen-bond donors (Lipinski definition) is 0. The van der Waals surface area contributed by atoms with Gasteiger partial charge in [-0.15, -0.1) is 0 Å². The first-order valence-electron chi connectivity index (χ1n) is 8.20. The second-order valence-electron chi connectivity index (χ2n) is 6.23. The van der Waals surface area contributed by atoms with Gasteiger partial charge in [-0.05, 0) is 50.3 Å². The molecule has 1 aliphatic rings. The number of anilines is 1. The molecule has 0 aromatic heterocycles. The minimum absolute atomic E-state index is 0.172. The molecule has 4 nitrogen and oxygen atoms in total. The van der Waals surface area contributed by atoms with E-state index in [9.17, 15) is 4.79 Å². The number of amides is 1. The van der Waals surface area contributed by atoms with Crippen molar-refractivity contribution in [3.8, 4) is 0 Å². The molecule has 122 valence electrons. The maximum atomic E-state index is 12.9. The molecule has 0 aliphatic carbocycles. The maximum Gasteiger partial charge on any atom is 0.254 e. The first kappa shape index (κ1) is 16.8. The standard InChI is InChI=1S/C18H28N2O2/c1-19(2)17-10-6-8-15(14-17)18(21)20-12-5-4-9-16(20)11-7-13-22-3/h6,8,10,14,16H,4-5,7,9,11-13H2,1-3H3. The highest BCUT2D eigenvalue weighted by Gasteiger charge is 2.27. The Kier molecular flexibility index (Phi) is 6.25. The fourth-order valence-electron chi connectivity index (χ4n) is 3.11. The Bertz CT molecular complexity index is 488. The van der Waals surface area contributed by atoms with E-state index in [-0.39, 0.29) is 5.91 Å². The van der Waals surface area contributed by atoms with Gasteiger partial charge in [-0.2, -0.15) is 0 Å². The van der Waals surface area contributed by atoms with E-state index in [1.54, 1.807) is 7.11 Å². The lowest BCUT2D eigenvalue weighted by Crippen LogP contribution is -2.43. The summed E-state index contributed by atoms with van der Waals surface area (Å²) in [7, 11) is 5.73. The van der Waals surface area contributed by atoms with Gasteiger partial charge in [0, 0.05) is 51.6 Å². The average Bonchev–Trinajstić information content (AvgIpc) is 2.55. The third-order valence-corrected chi connectivity index (χ3v) is 4.38. The van der Waals surface area contributed by atoms with Crippen LogP contribution < -0.4 is 4.90 Å². The summed E-state index contributed by atoms with van der Waals surface area (Å²) in [5.41, 5.74) is 1.86. The van der Waals surface area contributed by atoms with Crippen LogP contribution in [0.1, 0.15) is 42.5 Å². The third kappa shape index (κ3) is 4.23. The fraction of sp³-hybridized carbons (Fsp3) is 0.611. The van der Waals surface area contributed by atoms with E-state index in [1.807, 2.05) is 43.3 Å². The Hall–Kier alpha value is -1.55. The molecule has 0 bridgehead atoms. The highest BCUT2D eigenvalue weighted by atomic mass is 16.5. The monoisotopic (exact) mass is 304 g/mol. The second kappa shape index (κ2) is 8.18. The van der Waals surface area contributed by atoms with Crippen LogP contribution in [-0.4, -0.2) is 51.2 Å². The van der Waals surface area contributed by atoms with Gasteiger partial charge < -0.3 is 14.5 Å². The molecule has 22 heavy (non-hydrogen) atoms. The van der Waals surface area contributed by atoms with Crippen molar-refractivity contribution in [3.05, 3.63) is 29.8 Å². The number of carbonyl (C=O) groups is 1. The SMILES string of the molecule is COCCCC1CCCCN1C(=O)c1cccc(N(C)C)c1. The van der Waals surface area contributed by atoms with Gasteiger partial charge in [0.05, 0.1) is 0 Å². The van der Waals surface area contributed by atoms with Crippen LogP contribution in [0.2, 0.25) is 0 Å². The average molecular weight is 304 g/mol. The van der Waals surface area contributed by atoms with Crippen LogP contribution in [0.4, 0.5) is 5.69 Å². The molecule has 1 unspecified atom stereocenters. The summed E-state index contributed by atoms with van der Waals surface area (Å²) >= 11 is 0. The van der Waals surface area contributed by atoms with Crippen LogP contribution in [0.5, 0.6) is 0 Å². The maximum absolute atomic E-state index is 12.9. The zero-order chi connectivity index (χ0) is 15.9. The zero-order valence-corrected chi connectivity index (χ0v) is 14.0. The molecule has 2 rings (SSSR count). The lowest BCUT2D eigenvalue weighted by molar-refractivity contribution is 0.0585. The van der Waals surface area contributed by atoms with E-state index in [1.165, 1.54) is 6.42 Å². The van der Waals surface area contributed by atoms with Gasteiger partial charge in [0.15, 0.2) is 0 Å². The number of carbonyl (C=O) groups excluding carboxylic acids is 1. The van der Waals surface area contributed by atoms with Crippen LogP contribution >= 0.6 is 0 Å². The van der Waals surface area contributed by atoms with Crippen molar-refractivity contribution in [2.24, 2.45) is 0 Å². The number of rotatable bonds is 6. The van der Waals surface area contributed by atoms with E-state index in [0.29, 0.717) is 6.04 Å². The molecule has 0 radical (unpaired) electrons. The molecule has 1 aliphatic heterocycles. The van der Waals surface area contributed by atoms with Crippen molar-refractivity contribution < 1.29 is 9.53 Å². The minimum Gasteiger partial charge on any atom is -0.385 e. The lowest BCUT2D eigenvalue weighted by atomic mass is 9.97. The third-order valence-electron chi connectivity index (χ3n) is 4.38. The van der Waals surface area contributed by atoms with Crippen LogP contribution in [0.15, 0.2) is 24.3 Å². The molecule has 1 aromatic carbocycles. The molecule has 1 saturated heterocycles. The Balaban J connectivity index is 2.09. The smallest absolute Gasteiger partial charge is 0.254 e. The zero-order valence-electron chi connectivity index (χ0n) is 14.0. The Morgan fingerprint density at radius 1 is 1.36 bits per heavy atom. The predicted molar refractivity (Wildman–Crippen MR) is 90.6 cm³/mol. The number of hydrogen-bond acceptors (Lipinski definition) is 3. The van der Waals surface area contributed by atoms with Crippen LogP contribution in [0.25, 0.3) is 0 Å². The van der Waals surface area contributed by atoms with E-state index >= 15 is 0 Å². The number of piperidine rings is 1. The Morgan fingerprint density at radius 3 is 2.91 bits per heavy atom. The van der Waals surface area contributed by atoms with E-state index in [2.05, 4.69) is 4.90 Å². The summed E-state index contributed by atoms with van der Waals surface area (Å²) in [6.07, 6.45) is 5.50. The number of methoxy groups -OCH3 is 1. The molecule has 0 spiro atoms. The van der Waals surface area contributed by atoms with Crippen LogP contribution in [0.3, 0.4) is 0 Å². The summed E-state index contributed by atoms with van der Waals surface area (Å²) in [4.78, 5) is 17.0. The molecular formula is C18H28N2O2. The quantitative estimate of drug-likeness (QED) is 0.757. The predicted octanol–water partition coefficient (Wildman–Crippen LogP) is 3.17. The summed E-state index contributed by atoms with van der Waals surface area (Å²) in [5.74, 6) is 0.172. The topological polar surface area (TPSA) is 32.8 Å². The summed E-state index contributed by atoms with van der Waals surface area (Å²) in [5, 5.41) is 0. The van der Waals surface area contributed by atoms with E-state index in [4.69, 9.17) is 4.74 Å². The van der Waals surface area contributed by atoms with Gasteiger partial charge in [-0.3, -0.25) is 4.79 Å². The molecule has 4 heteroatoms. The largest absolute Gasteiger partial charge is 0.385 e. The number of nitrogens with zero attached hydrogens (tertiary/aromatic N) is 2. The summed E-state index contributed by atoms with van der Waals surface area (Å²) in [6, 6.07) is 8.27. The van der Waals surface area contributed by atoms with Gasteiger partial charge in [0.1, 0.15) is 0 Å². The molecule has 1 heterocycles. The molecular weight excluding hydrogens is 276 g/mol. The Morgan fingerprint density at radius 2 is 2.18 bits per heavy atom. The number of likely N-dealkylation sites (tertiary alicyclic amines) is 1. The molecule has 1 amide bonds. The molecule has 1 fully saturated rings. The van der Waals surface area contributed by atoms with E-state index < -0.39 is 0 Å². The van der Waals surface area contributed by atoms with Crippen molar-refractivity contribution in [2.45, 2.75) is 38.1 Å². The van der Waals surface area contributed by atoms with Gasteiger partial charge in [0.2, 0.25) is 0 Å². The summed E-state index contributed by atoms with van der Waals surface area (Å²) < 4.78 is 5.15. The highest BCUT2D eigenvalue weighted by molar-refractivity contribution is 5.95. The molecule has 1 atom stereocenters. The Labute approximate surface area is 134 Å². The highest BCUT2D eigenvalue weighted by Crippen LogP contribution is 2.24. The first-order chi connectivity index (χ1) is 10.6. The van der Waals surface area contributed by atoms with Gasteiger partial charge in [0.25, 0.3) is 5.91 Å². The van der Waals surface area contributed by atoms with E-state index in [0.717, 1.165) is 50.1 Å². The van der Waals surface area contributed by atoms with Crippen molar-refractivity contribution in [3.63, 3.8) is 0 Å². The number of benzene rings is 1. The first-order valence-corrected chi connectivity index (χ1v) is 8.20. The molecule has 0 saturated carbocycles. The molecule has 1 aromatic rings. The summed E-state index contributed by atoms with van der Waals surface area (Å²) in [6.45, 7) is 1.65. The fourth-order valence-corrected chi connectivity index (χ4v) is 3.11. The van der Waals surface area contributed by atoms with Gasteiger partial charge in [-0.1, -0.05) is 6.07 Å². The van der Waals surface area contributed by atoms with Crippen molar-refractivity contribution in [1.29, 1.82) is 0 Å². The minimum atomic E-state index is 0.172. The van der Waals surface area contributed by atoms with Crippen LogP contribution in [0, 0.1) is 0 Å².